The van der Waals surface area contributed by atoms with Crippen LogP contribution in [0.5, 0.6) is 0 Å². The van der Waals surface area contributed by atoms with E-state index in [0.717, 1.165) is 18.4 Å². The molecule has 1 nitrogen and oxygen atoms in total. The normalized spacial score (nSPS) is 24.0. The van der Waals surface area contributed by atoms with Crippen molar-refractivity contribution in [2.24, 2.45) is 11.8 Å². The zero-order chi connectivity index (χ0) is 15.1. The summed E-state index contributed by atoms with van der Waals surface area (Å²) in [5, 5.41) is 3.82. The Morgan fingerprint density at radius 2 is 1.67 bits per heavy atom. The predicted octanol–water partition coefficient (Wildman–Crippen LogP) is 5.64. The first-order valence-electron chi connectivity index (χ1n) is 9.04. The number of hydrogen-bond donors (Lipinski definition) is 1. The average molecular weight is 287 g/mol. The van der Waals surface area contributed by atoms with E-state index in [0.29, 0.717) is 6.04 Å². The van der Waals surface area contributed by atoms with Gasteiger partial charge >= 0.3 is 0 Å². The number of benzene rings is 1. The number of rotatable bonds is 7. The lowest BCUT2D eigenvalue weighted by Gasteiger charge is -2.35. The highest BCUT2D eigenvalue weighted by Gasteiger charge is 2.27. The minimum absolute atomic E-state index is 0.563. The summed E-state index contributed by atoms with van der Waals surface area (Å²) in [6, 6.07) is 9.76. The highest BCUT2D eigenvalue weighted by molar-refractivity contribution is 5.24. The molecule has 1 aliphatic rings. The highest BCUT2D eigenvalue weighted by Crippen LogP contribution is 2.38. The Morgan fingerprint density at radius 3 is 2.24 bits per heavy atom. The smallest absolute Gasteiger partial charge is 0.0348 e. The molecule has 0 aromatic heterocycles. The molecule has 1 aliphatic carbocycles. The minimum atomic E-state index is 0.563. The summed E-state index contributed by atoms with van der Waals surface area (Å²) in [5.74, 6) is 1.82. The second-order valence-corrected chi connectivity index (χ2v) is 6.91. The third kappa shape index (κ3) is 4.85. The molecule has 21 heavy (non-hydrogen) atoms. The lowest BCUT2D eigenvalue weighted by atomic mass is 9.75. The topological polar surface area (TPSA) is 12.0 Å². The van der Waals surface area contributed by atoms with Crippen LogP contribution in [0.1, 0.15) is 76.0 Å². The van der Waals surface area contributed by atoms with Gasteiger partial charge in [-0.2, -0.15) is 0 Å². The van der Waals surface area contributed by atoms with Crippen molar-refractivity contribution in [1.82, 2.24) is 5.32 Å². The molecule has 1 aromatic carbocycles. The van der Waals surface area contributed by atoms with Crippen molar-refractivity contribution in [2.45, 2.75) is 71.8 Å². The summed E-state index contributed by atoms with van der Waals surface area (Å²) in [4.78, 5) is 0. The van der Waals surface area contributed by atoms with Gasteiger partial charge in [0, 0.05) is 6.04 Å². The summed E-state index contributed by atoms with van der Waals surface area (Å²) >= 11 is 0. The van der Waals surface area contributed by atoms with E-state index >= 15 is 0 Å². The molecule has 2 rings (SSSR count). The van der Waals surface area contributed by atoms with Crippen LogP contribution >= 0.6 is 0 Å². The van der Waals surface area contributed by atoms with Crippen LogP contribution in [0.4, 0.5) is 0 Å². The van der Waals surface area contributed by atoms with Gasteiger partial charge in [-0.1, -0.05) is 69.4 Å². The fraction of sp³-hybridized carbons (Fsp3) is 0.700. The van der Waals surface area contributed by atoms with Gasteiger partial charge in [0.2, 0.25) is 0 Å². The van der Waals surface area contributed by atoms with Crippen LogP contribution < -0.4 is 5.32 Å². The van der Waals surface area contributed by atoms with Crippen LogP contribution in [0.3, 0.4) is 0 Å². The lowest BCUT2D eigenvalue weighted by molar-refractivity contribution is 0.214. The Bertz CT molecular complexity index is 387. The van der Waals surface area contributed by atoms with Gasteiger partial charge in [0.25, 0.3) is 0 Å². The van der Waals surface area contributed by atoms with Gasteiger partial charge in [0.1, 0.15) is 0 Å². The molecule has 0 bridgehead atoms. The van der Waals surface area contributed by atoms with Gasteiger partial charge in [0.05, 0.1) is 0 Å². The van der Waals surface area contributed by atoms with Crippen LogP contribution in [0.15, 0.2) is 24.3 Å². The summed E-state index contributed by atoms with van der Waals surface area (Å²) in [6.07, 6.45) is 9.69. The Hall–Kier alpha value is -0.820. The Morgan fingerprint density at radius 1 is 1.00 bits per heavy atom. The largest absolute Gasteiger partial charge is 0.310 e. The summed E-state index contributed by atoms with van der Waals surface area (Å²) in [5.41, 5.74) is 2.85. The van der Waals surface area contributed by atoms with E-state index in [1.807, 2.05) is 0 Å². The van der Waals surface area contributed by atoms with Gasteiger partial charge < -0.3 is 5.32 Å². The van der Waals surface area contributed by atoms with Crippen molar-refractivity contribution in [3.05, 3.63) is 35.4 Å². The van der Waals surface area contributed by atoms with Crippen molar-refractivity contribution in [1.29, 1.82) is 0 Å². The standard InChI is InChI=1S/C20H33N/c1-4-6-17-9-13-19(14-10-17)20(21-15-5-2)18-11-7-16(3)8-12-18/h7-8,11-12,17,19-21H,4-6,9-10,13-15H2,1-3H3. The zero-order valence-electron chi connectivity index (χ0n) is 14.2. The first-order valence-corrected chi connectivity index (χ1v) is 9.04. The minimum Gasteiger partial charge on any atom is -0.310 e. The van der Waals surface area contributed by atoms with Crippen LogP contribution in [-0.4, -0.2) is 6.54 Å². The Labute approximate surface area is 131 Å². The number of hydrogen-bond acceptors (Lipinski definition) is 1. The molecule has 0 heterocycles. The fourth-order valence-electron chi connectivity index (χ4n) is 3.85. The van der Waals surface area contributed by atoms with Crippen LogP contribution in [0, 0.1) is 18.8 Å². The maximum Gasteiger partial charge on any atom is 0.0348 e. The maximum absolute atomic E-state index is 3.82. The molecule has 1 heteroatoms. The van der Waals surface area contributed by atoms with Crippen molar-refractivity contribution < 1.29 is 0 Å². The van der Waals surface area contributed by atoms with E-state index < -0.39 is 0 Å². The average Bonchev–Trinajstić information content (AvgIpc) is 2.51. The van der Waals surface area contributed by atoms with E-state index in [4.69, 9.17) is 0 Å². The second kappa shape index (κ2) is 8.58. The van der Waals surface area contributed by atoms with Crippen LogP contribution in [0.25, 0.3) is 0 Å². The highest BCUT2D eigenvalue weighted by atomic mass is 14.9. The van der Waals surface area contributed by atoms with Gasteiger partial charge in [-0.05, 0) is 50.1 Å². The van der Waals surface area contributed by atoms with Gasteiger partial charge in [-0.3, -0.25) is 0 Å². The molecule has 1 N–H and O–H groups in total. The molecule has 118 valence electrons. The molecule has 0 aliphatic heterocycles. The molecule has 0 saturated heterocycles. The monoisotopic (exact) mass is 287 g/mol. The molecular formula is C20H33N. The molecule has 1 aromatic rings. The second-order valence-electron chi connectivity index (χ2n) is 6.91. The van der Waals surface area contributed by atoms with E-state index in [1.54, 1.807) is 0 Å². The van der Waals surface area contributed by atoms with Crippen LogP contribution in [0.2, 0.25) is 0 Å². The van der Waals surface area contributed by atoms with Crippen LogP contribution in [-0.2, 0) is 0 Å². The van der Waals surface area contributed by atoms with E-state index in [1.165, 1.54) is 56.1 Å². The Balaban J connectivity index is 2.01. The molecule has 1 unspecified atom stereocenters. The number of nitrogens with one attached hydrogen (secondary N) is 1. The first kappa shape index (κ1) is 16.5. The molecule has 1 saturated carbocycles. The quantitative estimate of drug-likeness (QED) is 0.684. The molecule has 0 amide bonds. The third-order valence-corrected chi connectivity index (χ3v) is 5.11. The zero-order valence-corrected chi connectivity index (χ0v) is 14.2. The number of aryl methyl sites for hydroxylation is 1. The predicted molar refractivity (Wildman–Crippen MR) is 92.6 cm³/mol. The third-order valence-electron chi connectivity index (χ3n) is 5.11. The summed E-state index contributed by atoms with van der Waals surface area (Å²) in [7, 11) is 0. The van der Waals surface area contributed by atoms with Crippen molar-refractivity contribution in [3.63, 3.8) is 0 Å². The molecule has 0 spiro atoms. The first-order chi connectivity index (χ1) is 10.2. The molecule has 1 atom stereocenters. The molecular weight excluding hydrogens is 254 g/mol. The van der Waals surface area contributed by atoms with E-state index in [-0.39, 0.29) is 0 Å². The van der Waals surface area contributed by atoms with Crippen molar-refractivity contribution >= 4 is 0 Å². The molecule has 1 fully saturated rings. The molecule has 0 radical (unpaired) electrons. The van der Waals surface area contributed by atoms with Crippen molar-refractivity contribution in [2.75, 3.05) is 6.54 Å². The maximum atomic E-state index is 3.82. The van der Waals surface area contributed by atoms with Gasteiger partial charge in [0.15, 0.2) is 0 Å². The van der Waals surface area contributed by atoms with Gasteiger partial charge in [-0.15, -0.1) is 0 Å². The van der Waals surface area contributed by atoms with Crippen molar-refractivity contribution in [3.8, 4) is 0 Å². The SMILES string of the molecule is CCCNC(c1ccc(C)cc1)C1CCC(CCC)CC1. The van der Waals surface area contributed by atoms with E-state index in [2.05, 4.69) is 50.4 Å². The van der Waals surface area contributed by atoms with Gasteiger partial charge in [-0.25, -0.2) is 0 Å². The van der Waals surface area contributed by atoms with E-state index in [9.17, 15) is 0 Å². The summed E-state index contributed by atoms with van der Waals surface area (Å²) < 4.78 is 0. The summed E-state index contributed by atoms with van der Waals surface area (Å²) in [6.45, 7) is 7.89. The fourth-order valence-corrected chi connectivity index (χ4v) is 3.85. The Kier molecular flexibility index (Phi) is 6.76. The lowest BCUT2D eigenvalue weighted by Crippen LogP contribution is -2.31.